The number of benzene rings is 2. The van der Waals surface area contributed by atoms with Crippen molar-refractivity contribution in [1.29, 1.82) is 0 Å². The van der Waals surface area contributed by atoms with Crippen molar-refractivity contribution in [3.63, 3.8) is 0 Å². The van der Waals surface area contributed by atoms with Crippen LogP contribution in [-0.2, 0) is 6.42 Å². The lowest BCUT2D eigenvalue weighted by molar-refractivity contribution is 0.0803. The fourth-order valence-electron chi connectivity index (χ4n) is 7.41. The molecule has 1 amide bonds. The Morgan fingerprint density at radius 2 is 1.54 bits per heavy atom. The second kappa shape index (κ2) is 10.3. The molecule has 2 aromatic carbocycles. The SMILES string of the molecule is CC1=C(C)CCN2C(=C1)N(CC1=C(C)CCc3ccccc3C(N3CC4CN(C)CC4C3)=N1)C(=O)c1ccccc12. The molecule has 7 rings (SSSR count). The quantitative estimate of drug-likeness (QED) is 0.485. The molecule has 212 valence electrons. The summed E-state index contributed by atoms with van der Waals surface area (Å²) >= 11 is 0. The van der Waals surface area contributed by atoms with Crippen molar-refractivity contribution in [2.45, 2.75) is 40.0 Å². The molecule has 5 aliphatic rings. The maximum Gasteiger partial charge on any atom is 0.261 e. The number of rotatable bonds is 2. The number of aryl methyl sites for hydroxylation is 1. The first-order chi connectivity index (χ1) is 19.9. The van der Waals surface area contributed by atoms with Crippen LogP contribution in [0.3, 0.4) is 0 Å². The molecule has 0 aromatic heterocycles. The van der Waals surface area contributed by atoms with Crippen LogP contribution >= 0.6 is 0 Å². The summed E-state index contributed by atoms with van der Waals surface area (Å²) < 4.78 is 0. The summed E-state index contributed by atoms with van der Waals surface area (Å²) in [6.45, 7) is 12.4. The maximum absolute atomic E-state index is 14.2. The lowest BCUT2D eigenvalue weighted by Crippen LogP contribution is -2.45. The third kappa shape index (κ3) is 4.62. The molecule has 2 unspecified atom stereocenters. The Morgan fingerprint density at radius 3 is 2.32 bits per heavy atom. The number of allylic oxidation sites excluding steroid dienone is 3. The number of hydrogen-bond donors (Lipinski definition) is 0. The topological polar surface area (TPSA) is 42.4 Å². The normalized spacial score (nSPS) is 24.8. The molecule has 2 fully saturated rings. The first-order valence-electron chi connectivity index (χ1n) is 15.2. The van der Waals surface area contributed by atoms with Gasteiger partial charge in [0.15, 0.2) is 0 Å². The van der Waals surface area contributed by atoms with E-state index in [0.717, 1.165) is 80.6 Å². The fraction of sp³-hybridized carbons (Fsp3) is 0.429. The van der Waals surface area contributed by atoms with Crippen LogP contribution in [0.15, 0.2) is 87.8 Å². The van der Waals surface area contributed by atoms with Gasteiger partial charge in [-0.05, 0) is 93.8 Å². The minimum absolute atomic E-state index is 0.0636. The molecular weight excluding hydrogens is 506 g/mol. The van der Waals surface area contributed by atoms with Crippen LogP contribution in [0.4, 0.5) is 5.69 Å². The van der Waals surface area contributed by atoms with Crippen molar-refractivity contribution < 1.29 is 4.79 Å². The zero-order chi connectivity index (χ0) is 28.2. The molecular formula is C35H41N5O. The summed E-state index contributed by atoms with van der Waals surface area (Å²) in [7, 11) is 2.24. The molecule has 0 spiro atoms. The highest BCUT2D eigenvalue weighted by Gasteiger charge is 2.41. The highest BCUT2D eigenvalue weighted by atomic mass is 16.2. The summed E-state index contributed by atoms with van der Waals surface area (Å²) in [6.07, 6.45) is 5.13. The van der Waals surface area contributed by atoms with Crippen LogP contribution in [0.2, 0.25) is 0 Å². The standard InChI is InChI=1S/C35H41N5O/c1-23-15-16-39-32-12-8-7-11-30(32)35(41)40(33(39)17-25(23)3)22-31-24(2)13-14-26-9-5-6-10-29(26)34(36-31)38-20-27-18-37(4)19-28(27)21-38/h5-12,17,27-28H,13-16,18-22H2,1-4H3. The van der Waals surface area contributed by atoms with Crippen LogP contribution in [-0.4, -0.2) is 72.8 Å². The minimum Gasteiger partial charge on any atom is -0.355 e. The molecule has 0 bridgehead atoms. The number of fused-ring (bicyclic) bond motifs is 5. The Bertz CT molecular complexity index is 1520. The van der Waals surface area contributed by atoms with Gasteiger partial charge in [0, 0.05) is 38.3 Å². The number of carbonyl (C=O) groups is 1. The van der Waals surface area contributed by atoms with Gasteiger partial charge in [-0.2, -0.15) is 0 Å². The van der Waals surface area contributed by atoms with Crippen molar-refractivity contribution in [2.24, 2.45) is 16.8 Å². The van der Waals surface area contributed by atoms with Crippen LogP contribution in [0.1, 0.15) is 55.1 Å². The van der Waals surface area contributed by atoms with Crippen molar-refractivity contribution in [2.75, 3.05) is 51.2 Å². The predicted octanol–water partition coefficient (Wildman–Crippen LogP) is 5.69. The van der Waals surface area contributed by atoms with Gasteiger partial charge in [0.25, 0.3) is 5.91 Å². The second-order valence-electron chi connectivity index (χ2n) is 12.7. The zero-order valence-corrected chi connectivity index (χ0v) is 24.9. The Balaban J connectivity index is 1.31. The van der Waals surface area contributed by atoms with Gasteiger partial charge in [-0.15, -0.1) is 0 Å². The van der Waals surface area contributed by atoms with Gasteiger partial charge < -0.3 is 14.7 Å². The highest BCUT2D eigenvalue weighted by Crippen LogP contribution is 2.38. The summed E-state index contributed by atoms with van der Waals surface area (Å²) in [5.74, 6) is 3.51. The third-order valence-electron chi connectivity index (χ3n) is 9.99. The summed E-state index contributed by atoms with van der Waals surface area (Å²) in [5.41, 5.74) is 9.33. The molecule has 2 aromatic rings. The molecule has 2 saturated heterocycles. The number of anilines is 1. The Kier molecular flexibility index (Phi) is 6.61. The number of hydrogen-bond acceptors (Lipinski definition) is 5. The molecule has 5 heterocycles. The maximum atomic E-state index is 14.2. The Hall–Kier alpha value is -3.64. The molecule has 2 atom stereocenters. The average Bonchev–Trinajstić information content (AvgIpc) is 3.47. The highest BCUT2D eigenvalue weighted by molar-refractivity contribution is 6.04. The monoisotopic (exact) mass is 547 g/mol. The molecule has 5 aliphatic heterocycles. The van der Waals surface area contributed by atoms with Crippen LogP contribution in [0, 0.1) is 11.8 Å². The lowest BCUT2D eigenvalue weighted by Gasteiger charge is -2.40. The fourth-order valence-corrected chi connectivity index (χ4v) is 7.41. The van der Waals surface area contributed by atoms with Crippen molar-refractivity contribution in [3.05, 3.63) is 99.5 Å². The van der Waals surface area contributed by atoms with Gasteiger partial charge in [-0.3, -0.25) is 9.69 Å². The van der Waals surface area contributed by atoms with Crippen LogP contribution in [0.25, 0.3) is 0 Å². The van der Waals surface area contributed by atoms with Gasteiger partial charge in [0.2, 0.25) is 0 Å². The van der Waals surface area contributed by atoms with Gasteiger partial charge in [0.1, 0.15) is 11.7 Å². The van der Waals surface area contributed by atoms with Crippen LogP contribution in [0.5, 0.6) is 0 Å². The predicted molar refractivity (Wildman–Crippen MR) is 166 cm³/mol. The molecule has 41 heavy (non-hydrogen) atoms. The molecule has 0 aliphatic carbocycles. The van der Waals surface area contributed by atoms with E-state index in [4.69, 9.17) is 4.99 Å². The van der Waals surface area contributed by atoms with Crippen molar-refractivity contribution >= 4 is 17.4 Å². The van der Waals surface area contributed by atoms with Crippen molar-refractivity contribution in [3.8, 4) is 0 Å². The van der Waals surface area contributed by atoms with E-state index in [2.05, 4.69) is 78.9 Å². The number of nitrogens with zero attached hydrogens (tertiary/aromatic N) is 5. The van der Waals surface area contributed by atoms with Gasteiger partial charge in [0.05, 0.1) is 23.5 Å². The van der Waals surface area contributed by atoms with E-state index >= 15 is 0 Å². The zero-order valence-electron chi connectivity index (χ0n) is 24.9. The molecule has 6 nitrogen and oxygen atoms in total. The number of amidine groups is 1. The van der Waals surface area contributed by atoms with E-state index in [0.29, 0.717) is 18.4 Å². The van der Waals surface area contributed by atoms with Gasteiger partial charge in [-0.25, -0.2) is 4.99 Å². The largest absolute Gasteiger partial charge is 0.355 e. The molecule has 0 N–H and O–H groups in total. The van der Waals surface area contributed by atoms with Gasteiger partial charge >= 0.3 is 0 Å². The van der Waals surface area contributed by atoms with Crippen molar-refractivity contribution in [1.82, 2.24) is 14.7 Å². The first-order valence-corrected chi connectivity index (χ1v) is 15.2. The molecule has 6 heteroatoms. The Morgan fingerprint density at radius 1 is 0.829 bits per heavy atom. The van der Waals surface area contributed by atoms with E-state index in [1.165, 1.54) is 27.8 Å². The number of para-hydroxylation sites is 1. The third-order valence-corrected chi connectivity index (χ3v) is 9.99. The summed E-state index contributed by atoms with van der Waals surface area (Å²) in [5, 5.41) is 0. The van der Waals surface area contributed by atoms with E-state index in [9.17, 15) is 4.79 Å². The minimum atomic E-state index is 0.0636. The van der Waals surface area contributed by atoms with Gasteiger partial charge in [-0.1, -0.05) is 42.0 Å². The number of aliphatic imine (C=N–C) groups is 1. The van der Waals surface area contributed by atoms with E-state index in [1.54, 1.807) is 0 Å². The molecule has 0 saturated carbocycles. The first kappa shape index (κ1) is 26.3. The number of amides is 1. The van der Waals surface area contributed by atoms with E-state index in [1.807, 2.05) is 23.1 Å². The summed E-state index contributed by atoms with van der Waals surface area (Å²) in [4.78, 5) is 29.0. The smallest absolute Gasteiger partial charge is 0.261 e. The lowest BCUT2D eigenvalue weighted by atomic mass is 9.96. The number of carbonyl (C=O) groups excluding carboxylic acids is 1. The summed E-state index contributed by atoms with van der Waals surface area (Å²) in [6, 6.07) is 16.9. The van der Waals surface area contributed by atoms with E-state index < -0.39 is 0 Å². The Labute approximate surface area is 244 Å². The van der Waals surface area contributed by atoms with E-state index in [-0.39, 0.29) is 5.91 Å². The number of likely N-dealkylation sites (tertiary alicyclic amines) is 2. The average molecular weight is 548 g/mol. The molecule has 0 radical (unpaired) electrons. The van der Waals surface area contributed by atoms with Crippen LogP contribution < -0.4 is 4.90 Å². The second-order valence-corrected chi connectivity index (χ2v) is 12.7.